The highest BCUT2D eigenvalue weighted by Gasteiger charge is 2.20. The van der Waals surface area contributed by atoms with Crippen LogP contribution in [0.3, 0.4) is 0 Å². The average molecular weight is 407 g/mol. The molecule has 0 bridgehead atoms. The minimum absolute atomic E-state index is 0.0365. The van der Waals surface area contributed by atoms with Crippen LogP contribution in [0.1, 0.15) is 13.3 Å². The van der Waals surface area contributed by atoms with Gasteiger partial charge in [-0.15, -0.1) is 0 Å². The Morgan fingerprint density at radius 2 is 2.04 bits per heavy atom. The molecule has 0 spiro atoms. The molecule has 146 valence electrons. The minimum atomic E-state index is -1.15. The smallest absolute Gasteiger partial charge is 0.419 e. The molecule has 28 heavy (non-hydrogen) atoms. The lowest BCUT2D eigenvalue weighted by Crippen LogP contribution is -2.30. The van der Waals surface area contributed by atoms with Crippen molar-refractivity contribution >= 4 is 40.3 Å². The predicted octanol–water partition coefficient (Wildman–Crippen LogP) is 3.35. The maximum Gasteiger partial charge on any atom is 0.419 e. The first-order chi connectivity index (χ1) is 13.3. The number of amides is 1. The molecule has 7 nitrogen and oxygen atoms in total. The summed E-state index contributed by atoms with van der Waals surface area (Å²) in [7, 11) is 0. The lowest BCUT2D eigenvalue weighted by molar-refractivity contribution is -0.153. The summed E-state index contributed by atoms with van der Waals surface area (Å²) in [5.74, 6) is -2.67. The van der Waals surface area contributed by atoms with E-state index >= 15 is 0 Å². The van der Waals surface area contributed by atoms with Crippen molar-refractivity contribution in [3.05, 3.63) is 63.9 Å². The average Bonchev–Trinajstić information content (AvgIpc) is 2.97. The molecule has 0 aliphatic carbocycles. The van der Waals surface area contributed by atoms with E-state index in [9.17, 15) is 18.8 Å². The largest absolute Gasteiger partial charge is 0.452 e. The molecular weight excluding hydrogens is 391 g/mol. The highest BCUT2D eigenvalue weighted by molar-refractivity contribution is 6.30. The molecule has 0 fully saturated rings. The van der Waals surface area contributed by atoms with Crippen LogP contribution in [0, 0.1) is 5.82 Å². The van der Waals surface area contributed by atoms with Crippen molar-refractivity contribution in [1.82, 2.24) is 4.57 Å². The number of ether oxygens (including phenoxy) is 1. The Kier molecular flexibility index (Phi) is 5.79. The first kappa shape index (κ1) is 19.6. The van der Waals surface area contributed by atoms with Gasteiger partial charge >= 0.3 is 11.7 Å². The van der Waals surface area contributed by atoms with E-state index in [0.29, 0.717) is 11.1 Å². The summed E-state index contributed by atoms with van der Waals surface area (Å²) >= 11 is 5.66. The Morgan fingerprint density at radius 1 is 1.29 bits per heavy atom. The van der Waals surface area contributed by atoms with Gasteiger partial charge in [0, 0.05) is 11.6 Å². The monoisotopic (exact) mass is 406 g/mol. The highest BCUT2D eigenvalue weighted by Crippen LogP contribution is 2.19. The Balaban J connectivity index is 1.57. The van der Waals surface area contributed by atoms with Gasteiger partial charge in [-0.1, -0.05) is 23.7 Å². The Labute approximate surface area is 163 Å². The number of rotatable bonds is 6. The van der Waals surface area contributed by atoms with Crippen LogP contribution >= 0.6 is 11.6 Å². The van der Waals surface area contributed by atoms with Gasteiger partial charge in [-0.3, -0.25) is 14.2 Å². The fraction of sp³-hybridized carbons (Fsp3) is 0.211. The molecule has 0 saturated carbocycles. The van der Waals surface area contributed by atoms with Gasteiger partial charge in [0.05, 0.1) is 17.6 Å². The van der Waals surface area contributed by atoms with Crippen molar-refractivity contribution in [3.8, 4) is 0 Å². The summed E-state index contributed by atoms with van der Waals surface area (Å²) in [5, 5.41) is 2.52. The molecule has 0 unspecified atom stereocenters. The van der Waals surface area contributed by atoms with Gasteiger partial charge in [0.1, 0.15) is 5.82 Å². The molecule has 3 rings (SSSR count). The predicted molar refractivity (Wildman–Crippen MR) is 101 cm³/mol. The second kappa shape index (κ2) is 8.26. The molecule has 0 radical (unpaired) electrons. The van der Waals surface area contributed by atoms with E-state index in [2.05, 4.69) is 5.32 Å². The lowest BCUT2D eigenvalue weighted by Gasteiger charge is -2.14. The maximum absolute atomic E-state index is 13.7. The molecule has 0 aliphatic heterocycles. The second-order valence-corrected chi connectivity index (χ2v) is 6.42. The molecule has 1 aromatic heterocycles. The number of para-hydroxylation sites is 2. The Morgan fingerprint density at radius 3 is 2.79 bits per heavy atom. The van der Waals surface area contributed by atoms with Crippen LogP contribution in [-0.4, -0.2) is 22.5 Å². The number of oxazole rings is 1. The molecule has 9 heteroatoms. The number of aromatic nitrogens is 1. The molecule has 1 heterocycles. The topological polar surface area (TPSA) is 90.5 Å². The maximum atomic E-state index is 13.7. The quantitative estimate of drug-likeness (QED) is 0.634. The third-order valence-corrected chi connectivity index (χ3v) is 4.21. The SMILES string of the molecule is C[C@H](OC(=O)CCn1c(=O)oc2ccccc21)C(=O)Nc1ccc(Cl)cc1F. The van der Waals surface area contributed by atoms with Crippen LogP contribution in [0.25, 0.3) is 11.1 Å². The zero-order valence-electron chi connectivity index (χ0n) is 14.8. The summed E-state index contributed by atoms with van der Waals surface area (Å²) < 4.78 is 25.2. The van der Waals surface area contributed by atoms with Gasteiger partial charge in [0.15, 0.2) is 11.7 Å². The molecular formula is C19H16ClFN2O5. The fourth-order valence-electron chi connectivity index (χ4n) is 2.56. The Hall–Kier alpha value is -3.13. The van der Waals surface area contributed by atoms with E-state index < -0.39 is 29.6 Å². The van der Waals surface area contributed by atoms with Crippen molar-refractivity contribution in [3.63, 3.8) is 0 Å². The first-order valence-electron chi connectivity index (χ1n) is 8.39. The number of fused-ring (bicyclic) bond motifs is 1. The minimum Gasteiger partial charge on any atom is -0.452 e. The van der Waals surface area contributed by atoms with Crippen LogP contribution in [0.2, 0.25) is 5.02 Å². The number of nitrogens with zero attached hydrogens (tertiary/aromatic N) is 1. The molecule has 1 amide bonds. The number of nitrogens with one attached hydrogen (secondary N) is 1. The third kappa shape index (κ3) is 4.40. The van der Waals surface area contributed by atoms with Gasteiger partial charge in [-0.25, -0.2) is 9.18 Å². The van der Waals surface area contributed by atoms with Crippen LogP contribution in [0.15, 0.2) is 51.7 Å². The highest BCUT2D eigenvalue weighted by atomic mass is 35.5. The summed E-state index contributed by atoms with van der Waals surface area (Å²) in [4.78, 5) is 36.0. The van der Waals surface area contributed by atoms with Crippen LogP contribution in [0.4, 0.5) is 10.1 Å². The molecule has 2 aromatic carbocycles. The van der Waals surface area contributed by atoms with E-state index in [-0.39, 0.29) is 23.7 Å². The second-order valence-electron chi connectivity index (χ2n) is 5.98. The normalized spacial score (nSPS) is 12.0. The standard InChI is InChI=1S/C19H16ClFN2O5/c1-11(18(25)22-14-7-6-12(20)10-13(14)21)27-17(24)8-9-23-15-4-2-3-5-16(15)28-19(23)26/h2-7,10-11H,8-9H2,1H3,(H,22,25)/t11-/m0/s1. The van der Waals surface area contributed by atoms with Gasteiger partial charge < -0.3 is 14.5 Å². The van der Waals surface area contributed by atoms with Gasteiger partial charge in [-0.05, 0) is 37.3 Å². The van der Waals surface area contributed by atoms with E-state index in [1.54, 1.807) is 24.3 Å². The van der Waals surface area contributed by atoms with Gasteiger partial charge in [-0.2, -0.15) is 0 Å². The summed E-state index contributed by atoms with van der Waals surface area (Å²) in [5.41, 5.74) is 0.900. The molecule has 1 atom stereocenters. The van der Waals surface area contributed by atoms with Crippen molar-refractivity contribution in [1.29, 1.82) is 0 Å². The lowest BCUT2D eigenvalue weighted by atomic mass is 10.3. The summed E-state index contributed by atoms with van der Waals surface area (Å²) in [6.45, 7) is 1.40. The number of hydrogen-bond acceptors (Lipinski definition) is 5. The zero-order valence-corrected chi connectivity index (χ0v) is 15.5. The number of hydrogen-bond donors (Lipinski definition) is 1. The number of carbonyl (C=O) groups is 2. The molecule has 3 aromatic rings. The number of benzene rings is 2. The molecule has 0 saturated heterocycles. The van der Waals surface area contributed by atoms with E-state index in [1.165, 1.54) is 23.6 Å². The van der Waals surface area contributed by atoms with Crippen molar-refractivity contribution in [2.45, 2.75) is 26.0 Å². The van der Waals surface area contributed by atoms with Crippen molar-refractivity contribution < 1.29 is 23.1 Å². The summed E-state index contributed by atoms with van der Waals surface area (Å²) in [6.07, 6.45) is -1.29. The third-order valence-electron chi connectivity index (χ3n) is 3.98. The first-order valence-corrected chi connectivity index (χ1v) is 8.76. The Bertz CT molecular complexity index is 1090. The van der Waals surface area contributed by atoms with Crippen molar-refractivity contribution in [2.75, 3.05) is 5.32 Å². The van der Waals surface area contributed by atoms with Crippen LogP contribution < -0.4 is 11.1 Å². The summed E-state index contributed by atoms with van der Waals surface area (Å²) in [6, 6.07) is 10.6. The van der Waals surface area contributed by atoms with Crippen LogP contribution in [-0.2, 0) is 20.9 Å². The fourth-order valence-corrected chi connectivity index (χ4v) is 2.72. The number of halogens is 2. The number of esters is 1. The zero-order chi connectivity index (χ0) is 20.3. The van der Waals surface area contributed by atoms with Gasteiger partial charge in [0.2, 0.25) is 0 Å². The number of anilines is 1. The molecule has 1 N–H and O–H groups in total. The number of carbonyl (C=O) groups excluding carboxylic acids is 2. The van der Waals surface area contributed by atoms with E-state index in [0.717, 1.165) is 6.07 Å². The van der Waals surface area contributed by atoms with Gasteiger partial charge in [0.25, 0.3) is 5.91 Å². The van der Waals surface area contributed by atoms with Crippen molar-refractivity contribution in [2.24, 2.45) is 0 Å². The van der Waals surface area contributed by atoms with E-state index in [4.69, 9.17) is 20.8 Å². The van der Waals surface area contributed by atoms with E-state index in [1.807, 2.05) is 0 Å². The molecule has 0 aliphatic rings. The van der Waals surface area contributed by atoms with Crippen LogP contribution in [0.5, 0.6) is 0 Å². The number of aryl methyl sites for hydroxylation is 1.